The van der Waals surface area contributed by atoms with E-state index >= 15 is 0 Å². The van der Waals surface area contributed by atoms with Crippen molar-refractivity contribution < 1.29 is 14.3 Å². The van der Waals surface area contributed by atoms with E-state index in [1.807, 2.05) is 40.2 Å². The summed E-state index contributed by atoms with van der Waals surface area (Å²) in [4.78, 5) is 19.2. The quantitative estimate of drug-likeness (QED) is 0.662. The number of benzene rings is 1. The zero-order valence-corrected chi connectivity index (χ0v) is 16.1. The summed E-state index contributed by atoms with van der Waals surface area (Å²) in [6.07, 6.45) is 3.76. The first kappa shape index (κ1) is 17.2. The Kier molecular flexibility index (Phi) is 3.95. The number of hydrogen-bond acceptors (Lipinski definition) is 5. The Morgan fingerprint density at radius 2 is 1.90 bits per heavy atom. The molecule has 3 aromatic rings. The molecule has 0 spiro atoms. The van der Waals surface area contributed by atoms with Crippen LogP contribution in [0, 0.1) is 0 Å². The van der Waals surface area contributed by atoms with E-state index in [0.717, 1.165) is 36.1 Å². The molecule has 29 heavy (non-hydrogen) atoms. The normalized spacial score (nSPS) is 24.6. The average Bonchev–Trinajstić information content (AvgIpc) is 3.49. The summed E-state index contributed by atoms with van der Waals surface area (Å²) < 4.78 is 16.5. The van der Waals surface area contributed by atoms with Gasteiger partial charge >= 0.3 is 0 Å². The summed E-state index contributed by atoms with van der Waals surface area (Å²) in [6, 6.07) is 10.1. The average molecular weight is 393 g/mol. The lowest BCUT2D eigenvalue weighted by molar-refractivity contribution is -0.00461. The topological polar surface area (TPSA) is 74.4 Å². The molecule has 2 atom stereocenters. The predicted molar refractivity (Wildman–Crippen MR) is 105 cm³/mol. The summed E-state index contributed by atoms with van der Waals surface area (Å²) in [7, 11) is 0. The van der Waals surface area contributed by atoms with E-state index in [-0.39, 0.29) is 24.2 Å². The molecule has 3 aliphatic heterocycles. The van der Waals surface area contributed by atoms with Crippen molar-refractivity contribution in [3.63, 3.8) is 0 Å². The van der Waals surface area contributed by atoms with E-state index in [4.69, 9.17) is 9.47 Å². The molecule has 1 aromatic carbocycles. The lowest BCUT2D eigenvalue weighted by Crippen LogP contribution is -2.31. The molecule has 3 aliphatic rings. The van der Waals surface area contributed by atoms with E-state index in [0.29, 0.717) is 32.0 Å². The minimum Gasteiger partial charge on any atom is -0.371 e. The highest BCUT2D eigenvalue weighted by atomic mass is 16.6. The zero-order valence-electron chi connectivity index (χ0n) is 16.1. The van der Waals surface area contributed by atoms with Gasteiger partial charge in [-0.3, -0.25) is 9.48 Å². The van der Waals surface area contributed by atoms with Crippen LogP contribution in [0.3, 0.4) is 0 Å². The second kappa shape index (κ2) is 6.67. The Hall–Kier alpha value is -2.71. The van der Waals surface area contributed by atoms with Gasteiger partial charge in [0.2, 0.25) is 0 Å². The van der Waals surface area contributed by atoms with Crippen molar-refractivity contribution >= 4 is 16.9 Å². The summed E-state index contributed by atoms with van der Waals surface area (Å²) in [6.45, 7) is 3.08. The second-order valence-corrected chi connectivity index (χ2v) is 8.10. The number of carbonyl (C=O) groups excluding carboxylic acids is 1. The smallest absolute Gasteiger partial charge is 0.274 e. The van der Waals surface area contributed by atoms with Crippen molar-refractivity contribution in [2.24, 2.45) is 0 Å². The Bertz CT molecular complexity index is 1040. The third-order valence-corrected chi connectivity index (χ3v) is 6.27. The van der Waals surface area contributed by atoms with Crippen molar-refractivity contribution in [1.82, 2.24) is 24.2 Å². The van der Waals surface area contributed by atoms with Gasteiger partial charge in [0.1, 0.15) is 12.2 Å². The van der Waals surface area contributed by atoms with Crippen molar-refractivity contribution in [3.8, 4) is 0 Å². The number of likely N-dealkylation sites (tertiary alicyclic amines) is 1. The van der Waals surface area contributed by atoms with Gasteiger partial charge in [-0.05, 0) is 31.0 Å². The third kappa shape index (κ3) is 2.86. The first-order valence-corrected chi connectivity index (χ1v) is 10.3. The molecule has 5 heterocycles. The van der Waals surface area contributed by atoms with Crippen LogP contribution >= 0.6 is 0 Å². The second-order valence-electron chi connectivity index (χ2n) is 8.10. The molecule has 2 fully saturated rings. The monoisotopic (exact) mass is 393 g/mol. The standard InChI is InChI=1S/C21H23N5O3/c27-21(17-8-14-4-3-7-26(14)23-17)24-9-19-20(10-24)29-12-15(11-28-19)25-13-22-16-5-1-2-6-18(16)25/h1-2,5-6,8,13,15,19-20H,3-4,7,9-12H2/t19-,20-/m0/s1. The molecule has 0 N–H and O–H groups in total. The highest BCUT2D eigenvalue weighted by molar-refractivity contribution is 5.92. The number of aryl methyl sites for hydroxylation is 2. The Labute approximate surface area is 168 Å². The van der Waals surface area contributed by atoms with Crippen LogP contribution in [-0.2, 0) is 22.4 Å². The van der Waals surface area contributed by atoms with Crippen LogP contribution in [0.1, 0.15) is 28.6 Å². The number of para-hydroxylation sites is 2. The summed E-state index contributed by atoms with van der Waals surface area (Å²) >= 11 is 0. The molecule has 0 aliphatic carbocycles. The lowest BCUT2D eigenvalue weighted by atomic mass is 10.2. The molecule has 0 saturated carbocycles. The van der Waals surface area contributed by atoms with Gasteiger partial charge in [-0.25, -0.2) is 4.98 Å². The molecule has 150 valence electrons. The fraction of sp³-hybridized carbons (Fsp3) is 0.476. The maximum Gasteiger partial charge on any atom is 0.274 e. The van der Waals surface area contributed by atoms with Gasteiger partial charge < -0.3 is 18.9 Å². The molecule has 1 amide bonds. The van der Waals surface area contributed by atoms with Gasteiger partial charge in [0.25, 0.3) is 5.91 Å². The minimum atomic E-state index is -0.104. The number of amides is 1. The largest absolute Gasteiger partial charge is 0.371 e. The molecule has 0 unspecified atom stereocenters. The number of ether oxygens (including phenoxy) is 2. The van der Waals surface area contributed by atoms with Crippen LogP contribution in [0.15, 0.2) is 36.7 Å². The molecular formula is C21H23N5O3. The van der Waals surface area contributed by atoms with Crippen molar-refractivity contribution in [2.75, 3.05) is 26.3 Å². The Morgan fingerprint density at radius 3 is 2.69 bits per heavy atom. The highest BCUT2D eigenvalue weighted by Crippen LogP contribution is 2.27. The van der Waals surface area contributed by atoms with Crippen LogP contribution in [0.4, 0.5) is 0 Å². The predicted octanol–water partition coefficient (Wildman–Crippen LogP) is 1.66. The van der Waals surface area contributed by atoms with Crippen molar-refractivity contribution in [3.05, 3.63) is 48.0 Å². The van der Waals surface area contributed by atoms with Gasteiger partial charge in [0.15, 0.2) is 5.69 Å². The van der Waals surface area contributed by atoms with Gasteiger partial charge in [-0.2, -0.15) is 5.10 Å². The van der Waals surface area contributed by atoms with E-state index in [1.165, 1.54) is 0 Å². The van der Waals surface area contributed by atoms with Crippen molar-refractivity contribution in [1.29, 1.82) is 0 Å². The molecule has 6 rings (SSSR count). The van der Waals surface area contributed by atoms with Crippen molar-refractivity contribution in [2.45, 2.75) is 37.6 Å². The number of aromatic nitrogens is 4. The third-order valence-electron chi connectivity index (χ3n) is 6.27. The van der Waals surface area contributed by atoms with E-state index < -0.39 is 0 Å². The van der Waals surface area contributed by atoms with Crippen LogP contribution < -0.4 is 0 Å². The number of nitrogens with zero attached hydrogens (tertiary/aromatic N) is 5. The van der Waals surface area contributed by atoms with Gasteiger partial charge in [-0.1, -0.05) is 12.1 Å². The molecule has 8 heteroatoms. The molecule has 8 nitrogen and oxygen atoms in total. The van der Waals surface area contributed by atoms with Crippen LogP contribution in [0.25, 0.3) is 11.0 Å². The maximum atomic E-state index is 12.9. The molecular weight excluding hydrogens is 370 g/mol. The lowest BCUT2D eigenvalue weighted by Gasteiger charge is -2.19. The highest BCUT2D eigenvalue weighted by Gasteiger charge is 2.40. The van der Waals surface area contributed by atoms with Gasteiger partial charge in [0.05, 0.1) is 36.6 Å². The van der Waals surface area contributed by atoms with Crippen LogP contribution in [0.5, 0.6) is 0 Å². The minimum absolute atomic E-state index is 0.0238. The number of rotatable bonds is 2. The SMILES string of the molecule is O=C(c1cc2n(n1)CCC2)N1C[C@@H]2OCC(n3cnc4ccccc43)CO[C@H]2C1. The first-order chi connectivity index (χ1) is 14.3. The Morgan fingerprint density at radius 1 is 1.10 bits per heavy atom. The number of fused-ring (bicyclic) bond motifs is 3. The van der Waals surface area contributed by atoms with Crippen LogP contribution in [0.2, 0.25) is 0 Å². The van der Waals surface area contributed by atoms with Crippen LogP contribution in [-0.4, -0.2) is 68.6 Å². The molecule has 2 saturated heterocycles. The maximum absolute atomic E-state index is 12.9. The summed E-state index contributed by atoms with van der Waals surface area (Å²) in [5.74, 6) is -0.0238. The van der Waals surface area contributed by atoms with Gasteiger partial charge in [-0.15, -0.1) is 0 Å². The summed E-state index contributed by atoms with van der Waals surface area (Å²) in [5.41, 5.74) is 3.76. The molecule has 0 radical (unpaired) electrons. The number of imidazole rings is 1. The van der Waals surface area contributed by atoms with E-state index in [9.17, 15) is 4.79 Å². The number of hydrogen-bond donors (Lipinski definition) is 0. The van der Waals surface area contributed by atoms with E-state index in [2.05, 4.69) is 20.7 Å². The summed E-state index contributed by atoms with van der Waals surface area (Å²) in [5, 5.41) is 4.48. The van der Waals surface area contributed by atoms with Gasteiger partial charge in [0, 0.05) is 25.3 Å². The number of carbonyl (C=O) groups is 1. The molecule has 0 bridgehead atoms. The zero-order chi connectivity index (χ0) is 19.4. The fourth-order valence-corrected chi connectivity index (χ4v) is 4.70. The van der Waals surface area contributed by atoms with E-state index in [1.54, 1.807) is 0 Å². The Balaban J connectivity index is 1.15. The first-order valence-electron chi connectivity index (χ1n) is 10.3. The molecule has 2 aromatic heterocycles. The fourth-order valence-electron chi connectivity index (χ4n) is 4.70.